The number of likely N-dealkylation sites (N-methyl/N-ethyl adjacent to an activating group) is 3. The van der Waals surface area contributed by atoms with Crippen LogP contribution in [0.25, 0.3) is 0 Å². The van der Waals surface area contributed by atoms with Gasteiger partial charge in [0.1, 0.15) is 98.5 Å². The molecular weight excluding hydrogens is 1500 g/mol. The van der Waals surface area contributed by atoms with Crippen LogP contribution in [0.3, 0.4) is 0 Å². The molecule has 0 unspecified atom stereocenters. The average Bonchev–Trinajstić information content (AvgIpc) is 0.776. The Balaban J connectivity index is 0.000000195. The van der Waals surface area contributed by atoms with Gasteiger partial charge in [0.15, 0.2) is 0 Å². The molecular formula is C76H95FN21O13S2-. The molecule has 34 nitrogen and oxygen atoms in total. The molecule has 9 amide bonds. The monoisotopic (exact) mass is 1590 g/mol. The van der Waals surface area contributed by atoms with Gasteiger partial charge in [-0.1, -0.05) is 0 Å². The summed E-state index contributed by atoms with van der Waals surface area (Å²) in [4.78, 5) is 120. The number of piperazine rings is 3. The van der Waals surface area contributed by atoms with E-state index >= 15 is 0 Å². The molecule has 12 heterocycles. The summed E-state index contributed by atoms with van der Waals surface area (Å²) in [6.07, 6.45) is 10.6. The molecule has 3 fully saturated rings. The van der Waals surface area contributed by atoms with Crippen LogP contribution in [0.2, 0.25) is 0 Å². The zero-order chi connectivity index (χ0) is 80.8. The topological polar surface area (TPSA) is 381 Å². The Hall–Kier alpha value is -10.7. The van der Waals surface area contributed by atoms with Gasteiger partial charge in [0.25, 0.3) is 0 Å². The first-order valence-electron chi connectivity index (χ1n) is 36.6. The molecule has 6 aliphatic heterocycles. The van der Waals surface area contributed by atoms with Crippen LogP contribution in [0, 0.1) is 39.8 Å². The highest BCUT2D eigenvalue weighted by atomic mass is 32.2. The van der Waals surface area contributed by atoms with Crippen LogP contribution in [-0.2, 0) is 72.2 Å². The third-order valence-electron chi connectivity index (χ3n) is 19.3. The molecule has 0 aliphatic carbocycles. The van der Waals surface area contributed by atoms with Crippen LogP contribution in [0.4, 0.5) is 53.7 Å². The molecule has 3 saturated heterocycles. The van der Waals surface area contributed by atoms with Gasteiger partial charge in [-0.15, -0.1) is 0 Å². The van der Waals surface area contributed by atoms with E-state index in [2.05, 4.69) is 48.0 Å². The smallest absolute Gasteiger partial charge is 0.328 e. The highest BCUT2D eigenvalue weighted by molar-refractivity contribution is 7.98. The molecule has 113 heavy (non-hydrogen) atoms. The van der Waals surface area contributed by atoms with Crippen LogP contribution in [-0.4, -0.2) is 268 Å². The van der Waals surface area contributed by atoms with Gasteiger partial charge in [-0.2, -0.15) is 44.3 Å². The van der Waals surface area contributed by atoms with Crippen molar-refractivity contribution in [1.82, 2.24) is 59.3 Å². The Morgan fingerprint density at radius 1 is 0.496 bits per heavy atom. The van der Waals surface area contributed by atoms with Crippen molar-refractivity contribution in [3.8, 4) is 35.6 Å². The number of ether oxygens (including phenoxy) is 7. The van der Waals surface area contributed by atoms with Crippen molar-refractivity contribution < 1.29 is 67.7 Å². The summed E-state index contributed by atoms with van der Waals surface area (Å²) in [5.41, 5.74) is 6.51. The molecule has 12 rings (SSSR count). The maximum atomic E-state index is 14.0. The molecule has 0 radical (unpaired) electrons. The molecule has 6 aliphatic rings. The van der Waals surface area contributed by atoms with E-state index in [0.717, 1.165) is 102 Å². The van der Waals surface area contributed by atoms with E-state index in [0.29, 0.717) is 162 Å². The van der Waals surface area contributed by atoms with Crippen molar-refractivity contribution in [1.29, 1.82) is 15.8 Å². The normalized spacial score (nSPS) is 15.8. The Labute approximate surface area is 665 Å². The molecule has 602 valence electrons. The molecule has 0 bridgehead atoms. The zero-order valence-electron chi connectivity index (χ0n) is 66.1. The summed E-state index contributed by atoms with van der Waals surface area (Å²) in [5.74, 6) is 4.09. The largest absolute Gasteiger partial charge is 1.00 e. The number of hydrogen-bond acceptors (Lipinski definition) is 27. The number of aryl methyl sites for hydroxylation is 3. The fourth-order valence-corrected chi connectivity index (χ4v) is 13.9. The van der Waals surface area contributed by atoms with E-state index in [1.165, 1.54) is 52.8 Å². The summed E-state index contributed by atoms with van der Waals surface area (Å²) < 4.78 is 53.1. The molecule has 6 aromatic rings. The number of urea groups is 3. The summed E-state index contributed by atoms with van der Waals surface area (Å²) >= 11 is 3.27. The van der Waals surface area contributed by atoms with Gasteiger partial charge < -0.3 is 49.3 Å². The fraction of sp³-hybridized carbons (Fsp3) is 0.487. The first-order chi connectivity index (χ1) is 54.6. The Morgan fingerprint density at radius 2 is 0.841 bits per heavy atom. The number of anilines is 6. The van der Waals surface area contributed by atoms with Crippen LogP contribution in [0.15, 0.2) is 55.0 Å². The number of nitrogens with one attached hydrogen (secondary N) is 3. The number of amides is 9. The number of fused-ring (bicyclic) bond motifs is 3. The molecule has 0 atom stereocenters. The van der Waals surface area contributed by atoms with Crippen molar-refractivity contribution in [2.24, 2.45) is 0 Å². The lowest BCUT2D eigenvalue weighted by Gasteiger charge is -2.34. The van der Waals surface area contributed by atoms with Crippen molar-refractivity contribution in [2.45, 2.75) is 70.7 Å². The molecule has 0 saturated carbocycles. The Kier molecular flexibility index (Phi) is 30.5. The van der Waals surface area contributed by atoms with Crippen molar-refractivity contribution in [2.75, 3.05) is 203 Å². The highest BCUT2D eigenvalue weighted by Gasteiger charge is 2.35. The second-order valence-corrected chi connectivity index (χ2v) is 29.2. The van der Waals surface area contributed by atoms with Gasteiger partial charge in [0, 0.05) is 136 Å². The number of hydrogen-bond donors (Lipinski definition) is 3. The van der Waals surface area contributed by atoms with E-state index in [1.54, 1.807) is 56.4 Å². The minimum absolute atomic E-state index is 0. The van der Waals surface area contributed by atoms with Crippen LogP contribution < -0.4 is 44.9 Å². The zero-order valence-corrected chi connectivity index (χ0v) is 66.7. The minimum Gasteiger partial charge on any atom is -1.00 e. The first kappa shape index (κ1) is 84.8. The third kappa shape index (κ3) is 21.6. The lowest BCUT2D eigenvalue weighted by atomic mass is 10.0. The van der Waals surface area contributed by atoms with Crippen LogP contribution in [0.1, 0.15) is 94.7 Å². The first-order valence-corrected chi connectivity index (χ1v) is 39.4. The highest BCUT2D eigenvalue weighted by Crippen LogP contribution is 2.37. The Bertz CT molecular complexity index is 4570. The number of carbonyl (C=O) groups excluding carboxylic acids is 6. The van der Waals surface area contributed by atoms with Crippen molar-refractivity contribution in [3.63, 3.8) is 0 Å². The van der Waals surface area contributed by atoms with Gasteiger partial charge in [-0.25, -0.2) is 43.7 Å². The average molecular weight is 1590 g/mol. The number of aromatic nitrogens is 6. The van der Waals surface area contributed by atoms with E-state index < -0.39 is 30.5 Å². The number of thioether (sulfide) groups is 2. The minimum atomic E-state index is -0.797. The fourth-order valence-electron chi connectivity index (χ4n) is 13.4. The predicted octanol–water partition coefficient (Wildman–Crippen LogP) is 7.15. The number of nitriles is 3. The lowest BCUT2D eigenvalue weighted by molar-refractivity contribution is -0.137. The maximum absolute atomic E-state index is 14.0. The number of methoxy groups -OCH3 is 5. The van der Waals surface area contributed by atoms with E-state index in [4.69, 9.17) is 48.4 Å². The van der Waals surface area contributed by atoms with Gasteiger partial charge >= 0.3 is 18.1 Å². The van der Waals surface area contributed by atoms with Gasteiger partial charge in [0.2, 0.25) is 36.2 Å². The second-order valence-electron chi connectivity index (χ2n) is 27.2. The SMILES string of the molecule is COC(OC)c1nc2c(cc1CN1CCN(C)CC1=O)CCCN2C(=O)Nc1cc(F)c(C#N)cn1.COC(OC)c1nc2c(cc1CN1CCN(C)CC1=O)CCCN2C(=O)Nc1cc(OCCSC)c(C#N)cn1.COc1nc2c(cc1CN1CCN(C)CC1=O)CCCN2C(=O)Nc1cc(OCCSC)c(C#N)cn1.[2H-]. The molecule has 0 aromatic carbocycles. The van der Waals surface area contributed by atoms with Crippen molar-refractivity contribution in [3.05, 3.63) is 122 Å². The Morgan fingerprint density at radius 3 is 1.18 bits per heavy atom. The van der Waals surface area contributed by atoms with Crippen LogP contribution in [0.5, 0.6) is 17.4 Å². The van der Waals surface area contributed by atoms with Gasteiger partial charge in [-0.05, 0) is 118 Å². The quantitative estimate of drug-likeness (QED) is 0.0400. The number of rotatable bonds is 24. The summed E-state index contributed by atoms with van der Waals surface area (Å²) in [5, 5.41) is 35.8. The summed E-state index contributed by atoms with van der Waals surface area (Å²) in [6, 6.07) is 14.6. The standard InChI is InChI=1S/C27H35N7O5S.C25H31N7O4S.C24H28FN7O4.H/c1-32-8-9-33(23(35)17-32)16-19-12-18-6-5-7-34(25(18)31-24(19)26(37-2)38-3)27(36)30-22-13-21(39-10-11-40-4)20(14-28)15-29-22;1-30-7-8-31(22(33)16-30)15-18-11-17-5-4-6-32(23(17)29-24(18)35-2)25(34)28-21-12-20(36-9-10-37-3)19(13-26)14-27-21;1-30-7-8-31(20(33)14-30)13-16-9-15-5-4-6-32(22(15)29-21(16)23(35-2)36-3)24(34)28-19-10-18(25)17(11-26)12-27-19;/h12-13,15,26H,5-11,16-17H2,1-4H3,(H,29,30,36);11-12,14H,4-10,15-16H2,1-3H3,(H,27,28,34);9-10,12,23H,4-8,13-14H2,1-3H3,(H,27,28,34);/q;;;-1/i;;;1+1. The predicted molar refractivity (Wildman–Crippen MR) is 421 cm³/mol. The lowest BCUT2D eigenvalue weighted by Crippen LogP contribution is -2.48. The molecule has 0 spiro atoms. The maximum Gasteiger partial charge on any atom is 0.328 e. The molecule has 6 aromatic heterocycles. The number of pyridine rings is 6. The second kappa shape index (κ2) is 40.7. The van der Waals surface area contributed by atoms with Gasteiger partial charge in [0.05, 0.1) is 65.1 Å². The third-order valence-corrected chi connectivity index (χ3v) is 20.5. The summed E-state index contributed by atoms with van der Waals surface area (Å²) in [7, 11) is 13.4. The van der Waals surface area contributed by atoms with E-state index in [9.17, 15) is 43.7 Å². The number of nitrogens with zero attached hydrogens (tertiary/aromatic N) is 18. The number of carbonyl (C=O) groups is 6. The van der Waals surface area contributed by atoms with E-state index in [-0.39, 0.29) is 48.2 Å². The summed E-state index contributed by atoms with van der Waals surface area (Å²) in [6.45, 7) is 8.70. The van der Waals surface area contributed by atoms with Crippen LogP contribution >= 0.6 is 23.5 Å². The van der Waals surface area contributed by atoms with Gasteiger partial charge in [-0.3, -0.25) is 59.7 Å². The molecule has 37 heteroatoms. The van der Waals surface area contributed by atoms with Crippen molar-refractivity contribution >= 4 is 94.2 Å². The number of halogens is 1. The molecule has 3 N–H and O–H groups in total. The van der Waals surface area contributed by atoms with E-state index in [1.807, 2.05) is 76.4 Å².